The van der Waals surface area contributed by atoms with Gasteiger partial charge in [-0.1, -0.05) is 11.6 Å². The summed E-state index contributed by atoms with van der Waals surface area (Å²) in [6, 6.07) is 4.17. The van der Waals surface area contributed by atoms with Gasteiger partial charge in [0.15, 0.2) is 0 Å². The summed E-state index contributed by atoms with van der Waals surface area (Å²) in [5.41, 5.74) is 0.115. The van der Waals surface area contributed by atoms with Crippen molar-refractivity contribution in [2.45, 2.75) is 12.8 Å². The first-order valence-electron chi connectivity index (χ1n) is 4.99. The number of nitrogens with one attached hydrogen (secondary N) is 1. The van der Waals surface area contributed by atoms with E-state index in [1.54, 1.807) is 0 Å². The molecule has 0 aliphatic rings. The van der Waals surface area contributed by atoms with E-state index in [-0.39, 0.29) is 59.3 Å². The van der Waals surface area contributed by atoms with Crippen LogP contribution in [0.1, 0.15) is 23.2 Å². The third kappa shape index (κ3) is 7.39. The van der Waals surface area contributed by atoms with Gasteiger partial charge < -0.3 is 21.0 Å². The number of rotatable bonds is 5. The Morgan fingerprint density at radius 1 is 1.32 bits per heavy atom. The number of halogens is 1. The van der Waals surface area contributed by atoms with Crippen molar-refractivity contribution < 1.29 is 25.3 Å². The molecule has 0 unspecified atom stereocenters. The standard InChI is InChI=1S/C11H12ClNO4.Na.H2O.H/c12-7-3-4-8(9(14)6-7)11(17)13-5-1-2-10(15)16;;;/h3-4,6,14H,1-2,5H2,(H,13,17)(H,15,16);;1H2;. The molecule has 0 radical (unpaired) electrons. The minimum absolute atomic E-state index is 0. The number of benzene rings is 1. The Morgan fingerprint density at radius 2 is 1.95 bits per heavy atom. The van der Waals surface area contributed by atoms with E-state index in [1.165, 1.54) is 18.2 Å². The van der Waals surface area contributed by atoms with E-state index in [0.717, 1.165) is 0 Å². The van der Waals surface area contributed by atoms with Crippen LogP contribution in [0.2, 0.25) is 5.02 Å². The minimum atomic E-state index is -0.909. The van der Waals surface area contributed by atoms with Crippen molar-refractivity contribution in [1.82, 2.24) is 5.32 Å². The van der Waals surface area contributed by atoms with Crippen molar-refractivity contribution in [2.75, 3.05) is 6.54 Å². The number of amides is 1. The second-order valence-electron chi connectivity index (χ2n) is 3.41. The number of carboxylic acid groups (broad SMARTS) is 1. The summed E-state index contributed by atoms with van der Waals surface area (Å²) in [6.45, 7) is 0.243. The molecule has 0 spiro atoms. The Labute approximate surface area is 137 Å². The van der Waals surface area contributed by atoms with Crippen molar-refractivity contribution in [3.05, 3.63) is 28.8 Å². The van der Waals surface area contributed by atoms with Crippen LogP contribution in [0.15, 0.2) is 18.2 Å². The molecule has 0 atom stereocenters. The van der Waals surface area contributed by atoms with Gasteiger partial charge in [0.1, 0.15) is 5.75 Å². The van der Waals surface area contributed by atoms with Crippen molar-refractivity contribution in [3.8, 4) is 5.75 Å². The van der Waals surface area contributed by atoms with E-state index in [4.69, 9.17) is 16.7 Å². The molecule has 102 valence electrons. The Hall–Kier alpha value is -0.790. The molecule has 1 rings (SSSR count). The normalized spacial score (nSPS) is 8.89. The summed E-state index contributed by atoms with van der Waals surface area (Å²) in [5, 5.41) is 20.7. The second kappa shape index (κ2) is 10.1. The zero-order chi connectivity index (χ0) is 12.8. The topological polar surface area (TPSA) is 118 Å². The average Bonchev–Trinajstić information content (AvgIpc) is 2.23. The van der Waals surface area contributed by atoms with Crippen molar-refractivity contribution in [2.24, 2.45) is 0 Å². The quantitative estimate of drug-likeness (QED) is 0.530. The summed E-state index contributed by atoms with van der Waals surface area (Å²) in [7, 11) is 0. The number of phenolic OH excluding ortho intramolecular Hbond substituents is 1. The maximum absolute atomic E-state index is 11.6. The molecule has 8 heteroatoms. The van der Waals surface area contributed by atoms with Crippen molar-refractivity contribution >= 4 is 53.0 Å². The molecule has 5 N–H and O–H groups in total. The Morgan fingerprint density at radius 3 is 2.47 bits per heavy atom. The molecular weight excluding hydrogens is 285 g/mol. The molecule has 1 aromatic carbocycles. The van der Waals surface area contributed by atoms with Crippen molar-refractivity contribution in [3.63, 3.8) is 0 Å². The number of carboxylic acids is 1. The Bertz CT molecular complexity index is 441. The number of hydrogen-bond donors (Lipinski definition) is 3. The summed E-state index contributed by atoms with van der Waals surface area (Å²) in [5.74, 6) is -1.56. The summed E-state index contributed by atoms with van der Waals surface area (Å²) in [4.78, 5) is 21.8. The predicted molar refractivity (Wildman–Crippen MR) is 73.1 cm³/mol. The molecular formula is C11H15ClNNaO5. The van der Waals surface area contributed by atoms with Gasteiger partial charge in [-0.15, -0.1) is 0 Å². The van der Waals surface area contributed by atoms with Gasteiger partial charge in [-0.05, 0) is 24.6 Å². The van der Waals surface area contributed by atoms with Crippen LogP contribution in [0.5, 0.6) is 5.75 Å². The third-order valence-electron chi connectivity index (χ3n) is 2.06. The van der Waals surface area contributed by atoms with Crippen LogP contribution in [0.4, 0.5) is 0 Å². The van der Waals surface area contributed by atoms with Gasteiger partial charge in [-0.2, -0.15) is 0 Å². The van der Waals surface area contributed by atoms with Crippen LogP contribution < -0.4 is 5.32 Å². The zero-order valence-electron chi connectivity index (χ0n) is 9.44. The molecule has 0 aliphatic carbocycles. The van der Waals surface area contributed by atoms with Crippen LogP contribution in [0.3, 0.4) is 0 Å². The number of hydrogen-bond acceptors (Lipinski definition) is 3. The average molecular weight is 300 g/mol. The summed E-state index contributed by atoms with van der Waals surface area (Å²) < 4.78 is 0. The number of carbonyl (C=O) groups is 2. The van der Waals surface area contributed by atoms with E-state index in [0.29, 0.717) is 11.4 Å². The van der Waals surface area contributed by atoms with Crippen LogP contribution in [-0.4, -0.2) is 63.7 Å². The second-order valence-corrected chi connectivity index (χ2v) is 3.85. The molecule has 6 nitrogen and oxygen atoms in total. The molecule has 0 saturated carbocycles. The third-order valence-corrected chi connectivity index (χ3v) is 2.29. The number of aromatic hydroxyl groups is 1. The van der Waals surface area contributed by atoms with Gasteiger partial charge in [0, 0.05) is 18.0 Å². The Balaban J connectivity index is 0. The van der Waals surface area contributed by atoms with Gasteiger partial charge in [0.25, 0.3) is 5.91 Å². The molecule has 0 saturated heterocycles. The molecule has 0 heterocycles. The molecule has 0 aromatic heterocycles. The summed E-state index contributed by atoms with van der Waals surface area (Å²) >= 11 is 5.63. The first-order chi connectivity index (χ1) is 8.00. The van der Waals surface area contributed by atoms with Gasteiger partial charge in [-0.25, -0.2) is 0 Å². The van der Waals surface area contributed by atoms with E-state index in [1.807, 2.05) is 0 Å². The van der Waals surface area contributed by atoms with Crippen molar-refractivity contribution in [1.29, 1.82) is 0 Å². The predicted octanol–water partition coefficient (Wildman–Crippen LogP) is 0.167. The molecule has 0 bridgehead atoms. The monoisotopic (exact) mass is 299 g/mol. The van der Waals surface area contributed by atoms with Crippen LogP contribution in [0.25, 0.3) is 0 Å². The zero-order valence-corrected chi connectivity index (χ0v) is 10.2. The Kier molecular flexibility index (Phi) is 10.9. The fourth-order valence-electron chi connectivity index (χ4n) is 1.23. The van der Waals surface area contributed by atoms with E-state index in [9.17, 15) is 14.7 Å². The van der Waals surface area contributed by atoms with E-state index >= 15 is 0 Å². The van der Waals surface area contributed by atoms with Gasteiger partial charge in [0.05, 0.1) is 5.56 Å². The van der Waals surface area contributed by atoms with Gasteiger partial charge in [-0.3, -0.25) is 9.59 Å². The number of phenols is 1. The van der Waals surface area contributed by atoms with E-state index in [2.05, 4.69) is 5.32 Å². The molecule has 1 amide bonds. The SMILES string of the molecule is O.O=C(O)CCCNC(=O)c1ccc(Cl)cc1O.[NaH]. The van der Waals surface area contributed by atoms with Gasteiger partial charge >= 0.3 is 35.5 Å². The molecule has 19 heavy (non-hydrogen) atoms. The molecule has 1 aromatic rings. The number of aliphatic carboxylic acids is 1. The van der Waals surface area contributed by atoms with Crippen LogP contribution >= 0.6 is 11.6 Å². The molecule has 0 fully saturated rings. The fourth-order valence-corrected chi connectivity index (χ4v) is 1.40. The first kappa shape index (κ1) is 20.5. The van der Waals surface area contributed by atoms with Crippen LogP contribution in [0, 0.1) is 0 Å². The maximum atomic E-state index is 11.6. The van der Waals surface area contributed by atoms with Crippen LogP contribution in [-0.2, 0) is 4.79 Å². The first-order valence-corrected chi connectivity index (χ1v) is 5.37. The van der Waals surface area contributed by atoms with Gasteiger partial charge in [0.2, 0.25) is 0 Å². The van der Waals surface area contributed by atoms with E-state index < -0.39 is 11.9 Å². The molecule has 0 aliphatic heterocycles. The number of carbonyl (C=O) groups excluding carboxylic acids is 1. The fraction of sp³-hybridized carbons (Fsp3) is 0.273. The summed E-state index contributed by atoms with van der Waals surface area (Å²) in [6.07, 6.45) is 0.336.